The molecule has 106 valence electrons. The van der Waals surface area contributed by atoms with Gasteiger partial charge in [0.25, 0.3) is 0 Å². The summed E-state index contributed by atoms with van der Waals surface area (Å²) in [6.45, 7) is 7.96. The monoisotopic (exact) mass is 396 g/mol. The second-order valence-electron chi connectivity index (χ2n) is 4.80. The maximum absolute atomic E-state index is 3.98. The minimum Gasteiger partial charge on any atom is -0.107 e. The summed E-state index contributed by atoms with van der Waals surface area (Å²) in [4.78, 5) is 0. The average molecular weight is 396 g/mol. The van der Waals surface area contributed by atoms with Gasteiger partial charge in [-0.15, -0.1) is 24.0 Å². The Morgan fingerprint density at radius 1 is 0.700 bits per heavy atom. The van der Waals surface area contributed by atoms with Gasteiger partial charge in [0, 0.05) is 0 Å². The van der Waals surface area contributed by atoms with E-state index in [1.54, 1.807) is 0 Å². The molecule has 0 aliphatic carbocycles. The van der Waals surface area contributed by atoms with Crippen LogP contribution in [0.15, 0.2) is 86.0 Å². The van der Waals surface area contributed by atoms with E-state index in [-0.39, 0.29) is 24.0 Å². The van der Waals surface area contributed by atoms with Gasteiger partial charge in [0.05, 0.1) is 0 Å². The van der Waals surface area contributed by atoms with Crippen molar-refractivity contribution in [3.8, 4) is 0 Å². The van der Waals surface area contributed by atoms with Gasteiger partial charge in [-0.2, -0.15) is 0 Å². The quantitative estimate of drug-likeness (QED) is 0.386. The molecule has 0 fully saturated rings. The Kier molecular flexibility index (Phi) is 7.18. The van der Waals surface area contributed by atoms with Crippen molar-refractivity contribution in [2.75, 3.05) is 12.3 Å². The van der Waals surface area contributed by atoms with Crippen molar-refractivity contribution < 1.29 is 0 Å². The molecule has 0 aliphatic heterocycles. The first kappa shape index (κ1) is 17.1. The molecule has 0 bridgehead atoms. The molecule has 0 spiro atoms. The molecule has 2 aromatic rings. The summed E-state index contributed by atoms with van der Waals surface area (Å²) in [5, 5.41) is 2.92. The molecule has 0 nitrogen and oxygen atoms in total. The van der Waals surface area contributed by atoms with Gasteiger partial charge in [0.1, 0.15) is 0 Å². The van der Waals surface area contributed by atoms with Gasteiger partial charge < -0.3 is 0 Å². The van der Waals surface area contributed by atoms with Crippen molar-refractivity contribution in [1.29, 1.82) is 0 Å². The van der Waals surface area contributed by atoms with Crippen LogP contribution >= 0.6 is 31.2 Å². The maximum Gasteiger partial charge on any atom is -0.107 e. The van der Waals surface area contributed by atoms with Gasteiger partial charge in [-0.1, -0.05) is 0 Å². The molecule has 0 saturated carbocycles. The standard InChI is InChI=1S/C18H21P.HI/c1-3-15-19(16-4-2,17-11-7-5-8-12-17)18-13-9-6-10-14-18;/h3-14,19H,1-2,15-16H2;1H. The normalized spacial score (nSPS) is 11.2. The number of hydrogen-bond donors (Lipinski definition) is 0. The Morgan fingerprint density at radius 2 is 1.05 bits per heavy atom. The van der Waals surface area contributed by atoms with Gasteiger partial charge in [-0.3, -0.25) is 0 Å². The van der Waals surface area contributed by atoms with Crippen molar-refractivity contribution in [3.05, 3.63) is 86.0 Å². The molecule has 0 N–H and O–H groups in total. The van der Waals surface area contributed by atoms with E-state index in [9.17, 15) is 0 Å². The third kappa shape index (κ3) is 3.59. The smallest absolute Gasteiger partial charge is 0.107 e. The molecule has 0 atom stereocenters. The SMILES string of the molecule is C=CC[PH](CC=C)(c1ccccc1)c1ccccc1.I. The summed E-state index contributed by atoms with van der Waals surface area (Å²) in [6, 6.07) is 21.7. The molecule has 20 heavy (non-hydrogen) atoms. The van der Waals surface area contributed by atoms with Crippen molar-refractivity contribution in [3.63, 3.8) is 0 Å². The minimum absolute atomic E-state index is 0. The first-order valence-corrected chi connectivity index (χ1v) is 9.08. The number of benzene rings is 2. The molecule has 0 unspecified atom stereocenters. The molecule has 0 aromatic heterocycles. The predicted molar refractivity (Wildman–Crippen MR) is 106 cm³/mol. The molecular formula is C18H22IP. The first-order chi connectivity index (χ1) is 9.33. The van der Waals surface area contributed by atoms with Gasteiger partial charge >= 0.3 is 116 Å². The molecule has 0 amide bonds. The summed E-state index contributed by atoms with van der Waals surface area (Å²) in [6.07, 6.45) is 6.23. The fourth-order valence-corrected chi connectivity index (χ4v) is 6.82. The Labute approximate surface area is 140 Å². The topological polar surface area (TPSA) is 0 Å². The summed E-state index contributed by atoms with van der Waals surface area (Å²) in [5.74, 6) is 0. The van der Waals surface area contributed by atoms with E-state index in [1.165, 1.54) is 10.6 Å². The summed E-state index contributed by atoms with van der Waals surface area (Å²) >= 11 is 0. The zero-order chi connectivity index (χ0) is 13.6. The van der Waals surface area contributed by atoms with Gasteiger partial charge in [0.2, 0.25) is 0 Å². The molecule has 0 aliphatic rings. The van der Waals surface area contributed by atoms with Gasteiger partial charge in [0.15, 0.2) is 0 Å². The van der Waals surface area contributed by atoms with Gasteiger partial charge in [-0.25, -0.2) is 0 Å². The largest absolute Gasteiger partial charge is 0.107 e. The fraction of sp³-hybridized carbons (Fsp3) is 0.111. The van der Waals surface area contributed by atoms with Crippen LogP contribution in [0.3, 0.4) is 0 Å². The fourth-order valence-electron chi connectivity index (χ4n) is 2.73. The van der Waals surface area contributed by atoms with Crippen molar-refractivity contribution in [2.45, 2.75) is 0 Å². The van der Waals surface area contributed by atoms with Gasteiger partial charge in [-0.05, 0) is 0 Å². The Hall–Kier alpha value is -0.920. The predicted octanol–water partition coefficient (Wildman–Crippen LogP) is 4.38. The zero-order valence-electron chi connectivity index (χ0n) is 11.7. The van der Waals surface area contributed by atoms with E-state index in [0.29, 0.717) is 0 Å². The number of hydrogen-bond acceptors (Lipinski definition) is 0. The van der Waals surface area contributed by atoms with Crippen LogP contribution in [0.1, 0.15) is 0 Å². The summed E-state index contributed by atoms with van der Waals surface area (Å²) in [5.41, 5.74) is 0. The third-order valence-electron chi connectivity index (χ3n) is 3.64. The maximum atomic E-state index is 3.98. The molecule has 2 rings (SSSR count). The van der Waals surface area contributed by atoms with Crippen LogP contribution in [0.4, 0.5) is 0 Å². The number of allylic oxidation sites excluding steroid dienone is 2. The molecule has 0 saturated heterocycles. The van der Waals surface area contributed by atoms with E-state index < -0.39 is 7.26 Å². The molecule has 2 heteroatoms. The molecule has 2 aromatic carbocycles. The van der Waals surface area contributed by atoms with Crippen LogP contribution in [0.2, 0.25) is 0 Å². The summed E-state index contributed by atoms with van der Waals surface area (Å²) < 4.78 is 0. The van der Waals surface area contributed by atoms with Crippen LogP contribution in [-0.4, -0.2) is 12.3 Å². The molecular weight excluding hydrogens is 374 g/mol. The van der Waals surface area contributed by atoms with E-state index in [1.807, 2.05) is 0 Å². The van der Waals surface area contributed by atoms with Crippen LogP contribution in [0.5, 0.6) is 0 Å². The van der Waals surface area contributed by atoms with Crippen LogP contribution in [-0.2, 0) is 0 Å². The van der Waals surface area contributed by atoms with Crippen molar-refractivity contribution >= 4 is 41.8 Å². The summed E-state index contributed by atoms with van der Waals surface area (Å²) in [7, 11) is -1.78. The van der Waals surface area contributed by atoms with Crippen LogP contribution in [0, 0.1) is 0 Å². The Morgan fingerprint density at radius 3 is 1.35 bits per heavy atom. The van der Waals surface area contributed by atoms with Crippen LogP contribution < -0.4 is 10.6 Å². The van der Waals surface area contributed by atoms with E-state index in [4.69, 9.17) is 0 Å². The first-order valence-electron chi connectivity index (χ1n) is 6.66. The van der Waals surface area contributed by atoms with E-state index in [2.05, 4.69) is 86.0 Å². The molecule has 0 radical (unpaired) electrons. The van der Waals surface area contributed by atoms with E-state index >= 15 is 0 Å². The molecule has 0 heterocycles. The average Bonchev–Trinajstić information content (AvgIpc) is 2.49. The number of halogens is 1. The number of rotatable bonds is 6. The van der Waals surface area contributed by atoms with E-state index in [0.717, 1.165) is 12.3 Å². The van der Waals surface area contributed by atoms with Crippen LogP contribution in [0.25, 0.3) is 0 Å². The Balaban J connectivity index is 0.00000200. The minimum atomic E-state index is -1.78. The zero-order valence-corrected chi connectivity index (χ0v) is 15.0. The second kappa shape index (κ2) is 8.39. The third-order valence-corrected chi connectivity index (χ3v) is 8.49. The van der Waals surface area contributed by atoms with Crippen molar-refractivity contribution in [1.82, 2.24) is 0 Å². The Bertz CT molecular complexity index is 482. The van der Waals surface area contributed by atoms with Crippen molar-refractivity contribution in [2.24, 2.45) is 0 Å². The second-order valence-corrected chi connectivity index (χ2v) is 8.94.